The van der Waals surface area contributed by atoms with Crippen LogP contribution in [-0.4, -0.2) is 23.8 Å². The number of hydrogen-bond donors (Lipinski definition) is 1. The monoisotopic (exact) mass is 258 g/mol. The molecule has 0 unspecified atom stereocenters. The zero-order valence-electron chi connectivity index (χ0n) is 11.2. The molecule has 0 aromatic heterocycles. The summed E-state index contributed by atoms with van der Waals surface area (Å²) in [6, 6.07) is 0. The molecule has 3 nitrogen and oxygen atoms in total. The Balaban J connectivity index is 4.23. The molecule has 0 spiro atoms. The van der Waals surface area contributed by atoms with E-state index in [0.717, 1.165) is 0 Å². The van der Waals surface area contributed by atoms with Gasteiger partial charge in [0.2, 0.25) is 0 Å². The second-order valence-electron chi connectivity index (χ2n) is 3.44. The van der Waals surface area contributed by atoms with Gasteiger partial charge in [-0.05, 0) is 37.0 Å². The Labute approximate surface area is 114 Å². The first-order chi connectivity index (χ1) is 9.20. The van der Waals surface area contributed by atoms with Gasteiger partial charge in [0, 0.05) is 20.0 Å². The summed E-state index contributed by atoms with van der Waals surface area (Å²) in [6.45, 7) is 3.19. The molecule has 0 aromatic rings. The van der Waals surface area contributed by atoms with Gasteiger partial charge in [0.15, 0.2) is 0 Å². The highest BCUT2D eigenvalue weighted by Gasteiger charge is 2.05. The maximum absolute atomic E-state index is 10.8. The van der Waals surface area contributed by atoms with Gasteiger partial charge in [-0.2, -0.15) is 0 Å². The van der Waals surface area contributed by atoms with Gasteiger partial charge in [-0.25, -0.2) is 0 Å². The van der Waals surface area contributed by atoms with Crippen molar-refractivity contribution in [2.75, 3.05) is 6.61 Å². The molecule has 0 radical (unpaired) electrons. The van der Waals surface area contributed by atoms with Crippen LogP contribution in [0.2, 0.25) is 0 Å². The minimum absolute atomic E-state index is 0.0354. The molecule has 0 aliphatic carbocycles. The Morgan fingerprint density at radius 1 is 1.26 bits per heavy atom. The highest BCUT2D eigenvalue weighted by molar-refractivity contribution is 5.66. The van der Waals surface area contributed by atoms with Gasteiger partial charge in [-0.15, -0.1) is 0 Å². The molecule has 0 aromatic carbocycles. The summed E-state index contributed by atoms with van der Waals surface area (Å²) in [5.41, 5.74) is 0. The fourth-order valence-electron chi connectivity index (χ4n) is 1.07. The molecule has 1 atom stereocenters. The highest BCUT2D eigenvalue weighted by Crippen LogP contribution is 2.00. The Morgan fingerprint density at radius 2 is 1.95 bits per heavy atom. The van der Waals surface area contributed by atoms with E-state index < -0.39 is 6.10 Å². The van der Waals surface area contributed by atoms with E-state index in [4.69, 9.17) is 9.84 Å². The maximum atomic E-state index is 10.8. The minimum atomic E-state index is -0.408. The van der Waals surface area contributed by atoms with E-state index in [2.05, 4.69) is 23.7 Å². The first kappa shape index (κ1) is 16.8. The minimum Gasteiger partial charge on any atom is -0.458 e. The number of allylic oxidation sites excluding steroid dienone is 5. The summed E-state index contributed by atoms with van der Waals surface area (Å²) in [5, 5.41) is 8.81. The van der Waals surface area contributed by atoms with E-state index >= 15 is 0 Å². The lowest BCUT2D eigenvalue weighted by atomic mass is 10.2. The lowest BCUT2D eigenvalue weighted by molar-refractivity contribution is -0.144. The molecule has 0 aliphatic rings. The van der Waals surface area contributed by atoms with Gasteiger partial charge in [-0.1, -0.05) is 30.1 Å². The number of carbonyl (C=O) groups is 1. The molecule has 0 rings (SSSR count). The quantitative estimate of drug-likeness (QED) is 0.466. The van der Waals surface area contributed by atoms with Crippen molar-refractivity contribution in [3.05, 3.63) is 36.5 Å². The van der Waals surface area contributed by atoms with Crippen LogP contribution in [0.15, 0.2) is 36.5 Å². The predicted molar refractivity (Wildman–Crippen MR) is 75.9 cm³/mol. The van der Waals surface area contributed by atoms with Crippen molar-refractivity contribution < 1.29 is 14.6 Å². The molecule has 0 amide bonds. The number of aliphatic hydroxyl groups excluding tert-OH is 1. The molecule has 0 fully saturated rings. The summed E-state index contributed by atoms with van der Waals surface area (Å²) >= 11 is 0. The van der Waals surface area contributed by atoms with Crippen molar-refractivity contribution in [1.82, 2.24) is 0 Å². The van der Waals surface area contributed by atoms with E-state index in [-0.39, 0.29) is 12.6 Å². The van der Waals surface area contributed by atoms with Gasteiger partial charge in [0.25, 0.3) is 0 Å². The van der Waals surface area contributed by atoms with Crippen LogP contribution >= 0.6 is 0 Å². The van der Waals surface area contributed by atoms with Crippen molar-refractivity contribution in [2.45, 2.75) is 26.4 Å². The van der Waals surface area contributed by atoms with Crippen LogP contribution in [0.5, 0.6) is 0 Å². The first-order valence-corrected chi connectivity index (χ1v) is 5.94. The average molecular weight is 258 g/mol. The van der Waals surface area contributed by atoms with Crippen LogP contribution < -0.4 is 0 Å². The molecule has 1 N–H and O–H groups in total. The number of ether oxygens (including phenoxy) is 1. The molecular formula is C16H18O3. The third kappa shape index (κ3) is 12.0. The Morgan fingerprint density at radius 3 is 2.53 bits per heavy atom. The topological polar surface area (TPSA) is 46.5 Å². The average Bonchev–Trinajstić information content (AvgIpc) is 2.36. The third-order valence-corrected chi connectivity index (χ3v) is 1.80. The number of esters is 1. The van der Waals surface area contributed by atoms with Crippen LogP contribution in [0, 0.1) is 23.7 Å². The number of carbonyl (C=O) groups excluding carboxylic acids is 1. The van der Waals surface area contributed by atoms with Crippen molar-refractivity contribution >= 4 is 5.97 Å². The fraction of sp³-hybridized carbons (Fsp3) is 0.312. The summed E-state index contributed by atoms with van der Waals surface area (Å²) < 4.78 is 4.98. The van der Waals surface area contributed by atoms with Crippen LogP contribution in [0.3, 0.4) is 0 Å². The van der Waals surface area contributed by atoms with Gasteiger partial charge < -0.3 is 9.84 Å². The summed E-state index contributed by atoms with van der Waals surface area (Å²) in [7, 11) is 0. The molecular weight excluding hydrogens is 240 g/mol. The number of aliphatic hydroxyl groups is 1. The third-order valence-electron chi connectivity index (χ3n) is 1.80. The Kier molecular flexibility index (Phi) is 10.8. The molecule has 0 heterocycles. The van der Waals surface area contributed by atoms with Gasteiger partial charge in [0.05, 0.1) is 0 Å². The van der Waals surface area contributed by atoms with Gasteiger partial charge >= 0.3 is 5.97 Å². The zero-order chi connectivity index (χ0) is 14.3. The molecule has 0 aliphatic heterocycles. The molecule has 19 heavy (non-hydrogen) atoms. The van der Waals surface area contributed by atoms with E-state index in [1.807, 2.05) is 13.0 Å². The SMILES string of the molecule is C/C=C/C#CC#C/C=C/C=C/[C@H](CCO)OC(C)=O. The molecule has 0 saturated heterocycles. The largest absolute Gasteiger partial charge is 0.458 e. The van der Waals surface area contributed by atoms with Crippen molar-refractivity contribution in [3.63, 3.8) is 0 Å². The predicted octanol–water partition coefficient (Wildman–Crippen LogP) is 2.00. The van der Waals surface area contributed by atoms with Crippen molar-refractivity contribution in [2.24, 2.45) is 0 Å². The number of rotatable bonds is 5. The zero-order valence-corrected chi connectivity index (χ0v) is 11.2. The molecule has 3 heteroatoms. The van der Waals surface area contributed by atoms with Crippen LogP contribution in [0.1, 0.15) is 20.3 Å². The van der Waals surface area contributed by atoms with Crippen LogP contribution in [0.25, 0.3) is 0 Å². The van der Waals surface area contributed by atoms with Crippen LogP contribution in [0.4, 0.5) is 0 Å². The summed E-state index contributed by atoms with van der Waals surface area (Å²) in [5.74, 6) is 10.4. The maximum Gasteiger partial charge on any atom is 0.303 e. The smallest absolute Gasteiger partial charge is 0.303 e. The second-order valence-corrected chi connectivity index (χ2v) is 3.44. The number of hydrogen-bond acceptors (Lipinski definition) is 3. The van der Waals surface area contributed by atoms with Gasteiger partial charge in [-0.3, -0.25) is 4.79 Å². The molecule has 0 saturated carbocycles. The highest BCUT2D eigenvalue weighted by atomic mass is 16.5. The van der Waals surface area contributed by atoms with Gasteiger partial charge in [0.1, 0.15) is 6.10 Å². The second kappa shape index (κ2) is 12.2. The lowest BCUT2D eigenvalue weighted by Gasteiger charge is -2.10. The lowest BCUT2D eigenvalue weighted by Crippen LogP contribution is -2.14. The van der Waals surface area contributed by atoms with Crippen molar-refractivity contribution in [3.8, 4) is 23.7 Å². The van der Waals surface area contributed by atoms with Crippen molar-refractivity contribution in [1.29, 1.82) is 0 Å². The van der Waals surface area contributed by atoms with E-state index in [1.54, 1.807) is 30.4 Å². The molecule has 0 bridgehead atoms. The first-order valence-electron chi connectivity index (χ1n) is 5.94. The standard InChI is InChI=1S/C16H18O3/c1-3-4-5-6-7-8-9-10-11-12-16(13-14-17)19-15(2)18/h3-4,9-12,16-17H,13-14H2,1-2H3/b4-3+,10-9+,12-11+/t16-/m1/s1. The summed E-state index contributed by atoms with van der Waals surface area (Å²) in [6.07, 6.45) is 10.3. The molecule has 100 valence electrons. The fourth-order valence-corrected chi connectivity index (χ4v) is 1.07. The normalized spacial score (nSPS) is 11.9. The van der Waals surface area contributed by atoms with E-state index in [0.29, 0.717) is 6.42 Å². The Hall–Kier alpha value is -2.23. The van der Waals surface area contributed by atoms with E-state index in [1.165, 1.54) is 6.92 Å². The Bertz CT molecular complexity index is 462. The van der Waals surface area contributed by atoms with Crippen LogP contribution in [-0.2, 0) is 9.53 Å². The van der Waals surface area contributed by atoms with E-state index in [9.17, 15) is 4.79 Å². The summed E-state index contributed by atoms with van der Waals surface area (Å²) in [4.78, 5) is 10.8.